The minimum Gasteiger partial charge on any atom is -0.338 e. The molecule has 3 rings (SSSR count). The molecule has 0 fully saturated rings. The van der Waals surface area contributed by atoms with Crippen molar-refractivity contribution in [2.45, 2.75) is 32.2 Å². The highest BCUT2D eigenvalue weighted by Gasteiger charge is 2.26. The van der Waals surface area contributed by atoms with E-state index in [1.807, 2.05) is 12.1 Å². The molecule has 0 aromatic heterocycles. The summed E-state index contributed by atoms with van der Waals surface area (Å²) in [5.74, 6) is 0.333. The summed E-state index contributed by atoms with van der Waals surface area (Å²) in [5, 5.41) is 5.97. The molecule has 0 saturated carbocycles. The molecule has 4 nitrogen and oxygen atoms in total. The van der Waals surface area contributed by atoms with E-state index in [9.17, 15) is 4.79 Å². The number of fused-ring (bicyclic) bond motifs is 1. The molecule has 25 heavy (non-hydrogen) atoms. The lowest BCUT2D eigenvalue weighted by atomic mass is 9.84. The third-order valence-electron chi connectivity index (χ3n) is 4.78. The quantitative estimate of drug-likeness (QED) is 0.804. The number of hydrogen-bond acceptors (Lipinski definition) is 2. The highest BCUT2D eigenvalue weighted by molar-refractivity contribution is 5.90. The van der Waals surface area contributed by atoms with Crippen molar-refractivity contribution in [1.82, 2.24) is 10.2 Å². The van der Waals surface area contributed by atoms with E-state index >= 15 is 0 Å². The van der Waals surface area contributed by atoms with Gasteiger partial charge in [0.05, 0.1) is 0 Å². The first-order valence-electron chi connectivity index (χ1n) is 9.09. The molecule has 132 valence electrons. The second-order valence-corrected chi connectivity index (χ2v) is 6.77. The molecule has 2 N–H and O–H groups in total. The molecule has 1 unspecified atom stereocenters. The van der Waals surface area contributed by atoms with E-state index in [1.165, 1.54) is 16.7 Å². The van der Waals surface area contributed by atoms with E-state index in [2.05, 4.69) is 65.9 Å². The lowest BCUT2D eigenvalue weighted by molar-refractivity contribution is 0.251. The van der Waals surface area contributed by atoms with E-state index in [0.717, 1.165) is 31.6 Å². The standard InChI is InChI=1S/C21H27N3O/c1-3-4-13-22-21(25)23-20-12-8-11-17-18(14-24(2)15-19(17)20)16-9-6-5-7-10-16/h5-12,18H,3-4,13-15H2,1-2H3,(H2,22,23,25). The fraction of sp³-hybridized carbons (Fsp3) is 0.381. The Morgan fingerprint density at radius 2 is 1.96 bits per heavy atom. The van der Waals surface area contributed by atoms with Gasteiger partial charge in [0.25, 0.3) is 0 Å². The molecule has 0 spiro atoms. The highest BCUT2D eigenvalue weighted by Crippen LogP contribution is 2.36. The van der Waals surface area contributed by atoms with Crippen LogP contribution in [0.25, 0.3) is 0 Å². The van der Waals surface area contributed by atoms with Gasteiger partial charge in [0.15, 0.2) is 0 Å². The van der Waals surface area contributed by atoms with Gasteiger partial charge in [-0.2, -0.15) is 0 Å². The first-order chi connectivity index (χ1) is 12.2. The third kappa shape index (κ3) is 4.20. The van der Waals surface area contributed by atoms with Crippen molar-refractivity contribution in [3.8, 4) is 0 Å². The zero-order chi connectivity index (χ0) is 17.6. The highest BCUT2D eigenvalue weighted by atomic mass is 16.2. The van der Waals surface area contributed by atoms with Crippen LogP contribution in [0.3, 0.4) is 0 Å². The zero-order valence-corrected chi connectivity index (χ0v) is 15.1. The summed E-state index contributed by atoms with van der Waals surface area (Å²) in [6.07, 6.45) is 2.07. The molecule has 2 aromatic rings. The third-order valence-corrected chi connectivity index (χ3v) is 4.78. The smallest absolute Gasteiger partial charge is 0.319 e. The first-order valence-corrected chi connectivity index (χ1v) is 9.09. The summed E-state index contributed by atoms with van der Waals surface area (Å²) < 4.78 is 0. The molecular formula is C21H27N3O. The van der Waals surface area contributed by atoms with Crippen molar-refractivity contribution in [2.75, 3.05) is 25.5 Å². The Balaban J connectivity index is 1.85. The minimum absolute atomic E-state index is 0.119. The molecule has 0 bridgehead atoms. The van der Waals surface area contributed by atoms with Gasteiger partial charge in [-0.15, -0.1) is 0 Å². The predicted octanol–water partition coefficient (Wildman–Crippen LogP) is 4.19. The molecule has 2 amide bonds. The Morgan fingerprint density at radius 1 is 1.16 bits per heavy atom. The van der Waals surface area contributed by atoms with Crippen LogP contribution in [0.15, 0.2) is 48.5 Å². The van der Waals surface area contributed by atoms with Gasteiger partial charge in [0.2, 0.25) is 0 Å². The van der Waals surface area contributed by atoms with E-state index in [4.69, 9.17) is 0 Å². The van der Waals surface area contributed by atoms with Gasteiger partial charge >= 0.3 is 6.03 Å². The van der Waals surface area contributed by atoms with Crippen LogP contribution in [-0.2, 0) is 6.54 Å². The maximum absolute atomic E-state index is 12.2. The maximum atomic E-state index is 12.2. The molecule has 1 aliphatic rings. The monoisotopic (exact) mass is 337 g/mol. The molecule has 0 aliphatic carbocycles. The first kappa shape index (κ1) is 17.5. The van der Waals surface area contributed by atoms with Gasteiger partial charge < -0.3 is 15.5 Å². The molecule has 1 aliphatic heterocycles. The number of unbranched alkanes of at least 4 members (excludes halogenated alkanes) is 1. The Kier molecular flexibility index (Phi) is 5.71. The summed E-state index contributed by atoms with van der Waals surface area (Å²) in [6, 6.07) is 16.7. The van der Waals surface area contributed by atoms with Crippen LogP contribution in [0, 0.1) is 0 Å². The van der Waals surface area contributed by atoms with Crippen LogP contribution in [0.1, 0.15) is 42.4 Å². The largest absolute Gasteiger partial charge is 0.338 e. The number of nitrogens with zero attached hydrogens (tertiary/aromatic N) is 1. The van der Waals surface area contributed by atoms with Crippen molar-refractivity contribution in [2.24, 2.45) is 0 Å². The van der Waals surface area contributed by atoms with Crippen molar-refractivity contribution in [1.29, 1.82) is 0 Å². The van der Waals surface area contributed by atoms with Crippen LogP contribution in [-0.4, -0.2) is 31.1 Å². The van der Waals surface area contributed by atoms with Crippen molar-refractivity contribution < 1.29 is 4.79 Å². The van der Waals surface area contributed by atoms with E-state index in [0.29, 0.717) is 12.5 Å². The fourth-order valence-electron chi connectivity index (χ4n) is 3.48. The van der Waals surface area contributed by atoms with Crippen LogP contribution < -0.4 is 10.6 Å². The molecule has 1 heterocycles. The normalized spacial score (nSPS) is 17.0. The average Bonchev–Trinajstić information content (AvgIpc) is 2.62. The topological polar surface area (TPSA) is 44.4 Å². The number of likely N-dealkylation sites (N-methyl/N-ethyl adjacent to an activating group) is 1. The average molecular weight is 337 g/mol. The number of amides is 2. The molecule has 4 heteroatoms. The Bertz CT molecular complexity index is 714. The molecule has 0 radical (unpaired) electrons. The SMILES string of the molecule is CCCCNC(=O)Nc1cccc2c1CN(C)CC2c1ccccc1. The second kappa shape index (κ2) is 8.17. The van der Waals surface area contributed by atoms with E-state index < -0.39 is 0 Å². The van der Waals surface area contributed by atoms with E-state index in [-0.39, 0.29) is 6.03 Å². The van der Waals surface area contributed by atoms with Crippen LogP contribution >= 0.6 is 0 Å². The minimum atomic E-state index is -0.119. The van der Waals surface area contributed by atoms with Gasteiger partial charge in [-0.05, 0) is 36.2 Å². The van der Waals surface area contributed by atoms with Crippen LogP contribution in [0.4, 0.5) is 10.5 Å². The Hall–Kier alpha value is -2.33. The summed E-state index contributed by atoms with van der Waals surface area (Å²) >= 11 is 0. The van der Waals surface area contributed by atoms with Gasteiger partial charge in [-0.25, -0.2) is 4.79 Å². The Labute approximate surface area is 150 Å². The number of hydrogen-bond donors (Lipinski definition) is 2. The summed E-state index contributed by atoms with van der Waals surface area (Å²) in [7, 11) is 2.14. The Morgan fingerprint density at radius 3 is 2.72 bits per heavy atom. The number of benzene rings is 2. The second-order valence-electron chi connectivity index (χ2n) is 6.77. The van der Waals surface area contributed by atoms with Crippen molar-refractivity contribution in [3.05, 3.63) is 65.2 Å². The predicted molar refractivity (Wildman–Crippen MR) is 103 cm³/mol. The summed E-state index contributed by atoms with van der Waals surface area (Å²) in [5.41, 5.74) is 4.77. The van der Waals surface area contributed by atoms with Gasteiger partial charge in [0, 0.05) is 31.2 Å². The lowest BCUT2D eigenvalue weighted by Crippen LogP contribution is -2.34. The molecule has 1 atom stereocenters. The molecular weight excluding hydrogens is 310 g/mol. The number of rotatable bonds is 5. The van der Waals surface area contributed by atoms with Gasteiger partial charge in [0.1, 0.15) is 0 Å². The maximum Gasteiger partial charge on any atom is 0.319 e. The number of carbonyl (C=O) groups excluding carboxylic acids is 1. The summed E-state index contributed by atoms with van der Waals surface area (Å²) in [6.45, 7) is 4.67. The number of urea groups is 1. The number of carbonyl (C=O) groups is 1. The number of nitrogens with one attached hydrogen (secondary N) is 2. The van der Waals surface area contributed by atoms with Crippen molar-refractivity contribution in [3.63, 3.8) is 0 Å². The zero-order valence-electron chi connectivity index (χ0n) is 15.1. The van der Waals surface area contributed by atoms with Crippen molar-refractivity contribution >= 4 is 11.7 Å². The molecule has 2 aromatic carbocycles. The van der Waals surface area contributed by atoms with Crippen LogP contribution in [0.2, 0.25) is 0 Å². The van der Waals surface area contributed by atoms with E-state index in [1.54, 1.807) is 0 Å². The van der Waals surface area contributed by atoms with Crippen LogP contribution in [0.5, 0.6) is 0 Å². The summed E-state index contributed by atoms with van der Waals surface area (Å²) in [4.78, 5) is 14.5. The lowest BCUT2D eigenvalue weighted by Gasteiger charge is -2.34. The number of anilines is 1. The van der Waals surface area contributed by atoms with Gasteiger partial charge in [-0.1, -0.05) is 55.8 Å². The fourth-order valence-corrected chi connectivity index (χ4v) is 3.48. The van der Waals surface area contributed by atoms with Gasteiger partial charge in [-0.3, -0.25) is 0 Å². The molecule has 0 saturated heterocycles.